The lowest BCUT2D eigenvalue weighted by Gasteiger charge is -2.04. The molecule has 0 aliphatic heterocycles. The van der Waals surface area contributed by atoms with Crippen LogP contribution in [-0.2, 0) is 4.79 Å². The fourth-order valence-corrected chi connectivity index (χ4v) is 2.52. The first-order valence-corrected chi connectivity index (χ1v) is 9.76. The summed E-state index contributed by atoms with van der Waals surface area (Å²) in [5, 5.41) is 8.80. The molecule has 0 rings (SSSR count). The molecule has 0 radical (unpaired) electrons. The summed E-state index contributed by atoms with van der Waals surface area (Å²) in [5.74, 6) is -0.873. The highest BCUT2D eigenvalue weighted by Crippen LogP contribution is 2.11. The van der Waals surface area contributed by atoms with Crippen molar-refractivity contribution in [1.29, 1.82) is 0 Å². The number of carboxylic acids is 1. The second-order valence-electron chi connectivity index (χ2n) is 6.80. The highest BCUT2D eigenvalue weighted by molar-refractivity contribution is 5.69. The van der Waals surface area contributed by atoms with E-state index in [2.05, 4.69) is 44.2 Å². The van der Waals surface area contributed by atoms with Gasteiger partial charge in [0, 0.05) is 0 Å². The van der Waals surface area contributed by atoms with Gasteiger partial charge in [-0.15, -0.1) is 0 Å². The first-order chi connectivity index (χ1) is 11.6. The predicted molar refractivity (Wildman–Crippen MR) is 105 cm³/mol. The standard InChI is InChI=1S/C22H38O2/c1-4-5-14-17-20(2)18-15-12-10-8-6-7-9-11-13-16-19-21(3)22(23)24/h6-7,10,12,18,21H,4-5,8-9,11,13-17,19H2,1-3H3,(H,23,24). The monoisotopic (exact) mass is 334 g/mol. The second-order valence-corrected chi connectivity index (χ2v) is 6.80. The molecule has 0 bridgehead atoms. The number of rotatable bonds is 15. The fourth-order valence-electron chi connectivity index (χ4n) is 2.52. The lowest BCUT2D eigenvalue weighted by Crippen LogP contribution is -2.08. The third-order valence-corrected chi connectivity index (χ3v) is 4.31. The third kappa shape index (κ3) is 15.6. The van der Waals surface area contributed by atoms with E-state index in [9.17, 15) is 4.79 Å². The van der Waals surface area contributed by atoms with Crippen molar-refractivity contribution < 1.29 is 9.90 Å². The van der Waals surface area contributed by atoms with E-state index in [1.807, 2.05) is 0 Å². The summed E-state index contributed by atoms with van der Waals surface area (Å²) in [6, 6.07) is 0. The maximum absolute atomic E-state index is 10.7. The Labute approximate surface area is 149 Å². The van der Waals surface area contributed by atoms with E-state index in [1.54, 1.807) is 6.92 Å². The number of hydrogen-bond acceptors (Lipinski definition) is 1. The van der Waals surface area contributed by atoms with Crippen LogP contribution < -0.4 is 0 Å². The first kappa shape index (κ1) is 22.7. The molecule has 0 fully saturated rings. The molecule has 1 N–H and O–H groups in total. The summed E-state index contributed by atoms with van der Waals surface area (Å²) in [5.41, 5.74) is 1.51. The molecule has 0 heterocycles. The van der Waals surface area contributed by atoms with Crippen molar-refractivity contribution in [1.82, 2.24) is 0 Å². The van der Waals surface area contributed by atoms with Gasteiger partial charge >= 0.3 is 5.97 Å². The van der Waals surface area contributed by atoms with Gasteiger partial charge in [-0.25, -0.2) is 0 Å². The van der Waals surface area contributed by atoms with Crippen LogP contribution >= 0.6 is 0 Å². The molecule has 0 aliphatic rings. The molecule has 1 atom stereocenters. The highest BCUT2D eigenvalue weighted by atomic mass is 16.4. The fraction of sp³-hybridized carbons (Fsp3) is 0.682. The van der Waals surface area contributed by atoms with Crippen molar-refractivity contribution in [3.8, 4) is 0 Å². The second kappa shape index (κ2) is 16.5. The van der Waals surface area contributed by atoms with Gasteiger partial charge in [0.05, 0.1) is 5.92 Å². The average molecular weight is 335 g/mol. The van der Waals surface area contributed by atoms with E-state index in [1.165, 1.54) is 31.3 Å². The molecular formula is C22H38O2. The van der Waals surface area contributed by atoms with Crippen LogP contribution in [0.5, 0.6) is 0 Å². The van der Waals surface area contributed by atoms with Gasteiger partial charge < -0.3 is 5.11 Å². The summed E-state index contributed by atoms with van der Waals surface area (Å²) in [7, 11) is 0. The van der Waals surface area contributed by atoms with E-state index < -0.39 is 5.97 Å². The van der Waals surface area contributed by atoms with Gasteiger partial charge in [0.15, 0.2) is 0 Å². The minimum absolute atomic E-state index is 0.199. The maximum Gasteiger partial charge on any atom is 0.306 e. The molecule has 24 heavy (non-hydrogen) atoms. The van der Waals surface area contributed by atoms with Gasteiger partial charge in [0.1, 0.15) is 0 Å². The van der Waals surface area contributed by atoms with Crippen LogP contribution in [0.4, 0.5) is 0 Å². The number of carbonyl (C=O) groups is 1. The van der Waals surface area contributed by atoms with Gasteiger partial charge in [-0.1, -0.05) is 75.5 Å². The van der Waals surface area contributed by atoms with Crippen molar-refractivity contribution in [3.05, 3.63) is 36.0 Å². The normalized spacial score (nSPS) is 13.9. The Morgan fingerprint density at radius 2 is 1.67 bits per heavy atom. The number of carboxylic acid groups (broad SMARTS) is 1. The molecule has 2 nitrogen and oxygen atoms in total. The van der Waals surface area contributed by atoms with Crippen LogP contribution in [0.2, 0.25) is 0 Å². The maximum atomic E-state index is 10.7. The zero-order chi connectivity index (χ0) is 18.0. The zero-order valence-electron chi connectivity index (χ0n) is 16.1. The van der Waals surface area contributed by atoms with Crippen LogP contribution in [0.25, 0.3) is 0 Å². The lowest BCUT2D eigenvalue weighted by molar-refractivity contribution is -0.141. The van der Waals surface area contributed by atoms with Crippen molar-refractivity contribution >= 4 is 5.97 Å². The number of unbranched alkanes of at least 4 members (excludes halogenated alkanes) is 5. The zero-order valence-corrected chi connectivity index (χ0v) is 16.1. The number of aliphatic carboxylic acids is 1. The molecule has 0 spiro atoms. The van der Waals surface area contributed by atoms with Gasteiger partial charge in [0.2, 0.25) is 0 Å². The minimum Gasteiger partial charge on any atom is -0.481 e. The summed E-state index contributed by atoms with van der Waals surface area (Å²) >= 11 is 0. The number of allylic oxidation sites excluding steroid dienone is 6. The van der Waals surface area contributed by atoms with E-state index in [0.29, 0.717) is 0 Å². The van der Waals surface area contributed by atoms with Crippen LogP contribution in [-0.4, -0.2) is 11.1 Å². The Balaban J connectivity index is 3.51. The molecule has 0 aromatic heterocycles. The quantitative estimate of drug-likeness (QED) is 0.257. The molecule has 0 amide bonds. The van der Waals surface area contributed by atoms with E-state index >= 15 is 0 Å². The van der Waals surface area contributed by atoms with Crippen molar-refractivity contribution in [2.45, 2.75) is 91.4 Å². The van der Waals surface area contributed by atoms with Gasteiger partial charge in [-0.2, -0.15) is 0 Å². The van der Waals surface area contributed by atoms with Gasteiger partial charge in [-0.05, 0) is 51.9 Å². The lowest BCUT2D eigenvalue weighted by atomic mass is 10.0. The Bertz CT molecular complexity index is 391. The largest absolute Gasteiger partial charge is 0.481 e. The predicted octanol–water partition coefficient (Wildman–Crippen LogP) is 7.08. The molecule has 2 heteroatoms. The first-order valence-electron chi connectivity index (χ1n) is 9.76. The van der Waals surface area contributed by atoms with Crippen molar-refractivity contribution in [2.75, 3.05) is 0 Å². The summed E-state index contributed by atoms with van der Waals surface area (Å²) in [6.45, 7) is 6.27. The molecule has 138 valence electrons. The Kier molecular flexibility index (Phi) is 15.6. The summed E-state index contributed by atoms with van der Waals surface area (Å²) in [4.78, 5) is 10.7. The summed E-state index contributed by atoms with van der Waals surface area (Å²) in [6.07, 6.45) is 23.8. The van der Waals surface area contributed by atoms with Crippen LogP contribution in [0, 0.1) is 5.92 Å². The Hall–Kier alpha value is -1.31. The van der Waals surface area contributed by atoms with Crippen LogP contribution in [0.15, 0.2) is 36.0 Å². The Morgan fingerprint density at radius 3 is 2.38 bits per heavy atom. The molecule has 0 aromatic rings. The smallest absolute Gasteiger partial charge is 0.306 e. The van der Waals surface area contributed by atoms with E-state index in [0.717, 1.165) is 44.9 Å². The Morgan fingerprint density at radius 1 is 0.958 bits per heavy atom. The van der Waals surface area contributed by atoms with Crippen LogP contribution in [0.3, 0.4) is 0 Å². The van der Waals surface area contributed by atoms with E-state index in [-0.39, 0.29) is 5.92 Å². The van der Waals surface area contributed by atoms with Crippen molar-refractivity contribution in [3.63, 3.8) is 0 Å². The summed E-state index contributed by atoms with van der Waals surface area (Å²) < 4.78 is 0. The molecule has 0 aromatic carbocycles. The van der Waals surface area contributed by atoms with E-state index in [4.69, 9.17) is 5.11 Å². The third-order valence-electron chi connectivity index (χ3n) is 4.31. The molecule has 1 unspecified atom stereocenters. The topological polar surface area (TPSA) is 37.3 Å². The molecule has 0 saturated heterocycles. The molecule has 0 saturated carbocycles. The van der Waals surface area contributed by atoms with Crippen molar-refractivity contribution in [2.24, 2.45) is 5.92 Å². The number of hydrogen-bond donors (Lipinski definition) is 1. The average Bonchev–Trinajstić information content (AvgIpc) is 2.55. The highest BCUT2D eigenvalue weighted by Gasteiger charge is 2.08. The van der Waals surface area contributed by atoms with Gasteiger partial charge in [0.25, 0.3) is 0 Å². The molecular weight excluding hydrogens is 296 g/mol. The van der Waals surface area contributed by atoms with Gasteiger partial charge in [-0.3, -0.25) is 4.79 Å². The SMILES string of the molecule is CCCCCC(C)=CCC=CCC=CCCCCCC(C)C(=O)O. The minimum atomic E-state index is -0.673. The molecule has 0 aliphatic carbocycles. The van der Waals surface area contributed by atoms with Crippen LogP contribution in [0.1, 0.15) is 91.4 Å².